The third kappa shape index (κ3) is 5.72. The van der Waals surface area contributed by atoms with Crippen molar-refractivity contribution in [1.29, 1.82) is 0 Å². The summed E-state index contributed by atoms with van der Waals surface area (Å²) in [6, 6.07) is 14.8. The molecule has 150 valence electrons. The first-order valence-electron chi connectivity index (χ1n) is 9.25. The first-order chi connectivity index (χ1) is 14.0. The highest BCUT2D eigenvalue weighted by Gasteiger charge is 2.10. The van der Waals surface area contributed by atoms with Gasteiger partial charge in [-0.2, -0.15) is 0 Å². The van der Waals surface area contributed by atoms with Crippen molar-refractivity contribution in [2.24, 2.45) is 0 Å². The summed E-state index contributed by atoms with van der Waals surface area (Å²) >= 11 is 0. The molecule has 0 aliphatic carbocycles. The van der Waals surface area contributed by atoms with Crippen LogP contribution < -0.4 is 19.5 Å². The van der Waals surface area contributed by atoms with Gasteiger partial charge in [-0.1, -0.05) is 23.8 Å². The molecule has 6 nitrogen and oxygen atoms in total. The van der Waals surface area contributed by atoms with Crippen LogP contribution in [0.2, 0.25) is 0 Å². The molecule has 0 aliphatic heterocycles. The van der Waals surface area contributed by atoms with Crippen molar-refractivity contribution in [2.45, 2.75) is 20.5 Å². The Balaban J connectivity index is 1.61. The number of methoxy groups -OCH3 is 1. The van der Waals surface area contributed by atoms with Crippen molar-refractivity contribution in [3.63, 3.8) is 0 Å². The molecule has 0 spiro atoms. The maximum Gasteiger partial charge on any atom is 0.262 e. The lowest BCUT2D eigenvalue weighted by Gasteiger charge is -2.13. The van der Waals surface area contributed by atoms with Gasteiger partial charge in [0.1, 0.15) is 12.4 Å². The van der Waals surface area contributed by atoms with Crippen LogP contribution in [0.1, 0.15) is 16.7 Å². The van der Waals surface area contributed by atoms with Gasteiger partial charge in [-0.05, 0) is 43.7 Å². The van der Waals surface area contributed by atoms with E-state index in [1.165, 1.54) is 0 Å². The van der Waals surface area contributed by atoms with Crippen LogP contribution in [0.4, 0.5) is 5.69 Å². The first kappa shape index (κ1) is 20.2. The quantitative estimate of drug-likeness (QED) is 0.619. The fourth-order valence-corrected chi connectivity index (χ4v) is 2.81. The maximum absolute atomic E-state index is 12.3. The Morgan fingerprint density at radius 1 is 1.00 bits per heavy atom. The van der Waals surface area contributed by atoms with Gasteiger partial charge in [0.15, 0.2) is 18.1 Å². The molecule has 0 radical (unpaired) electrons. The van der Waals surface area contributed by atoms with Gasteiger partial charge in [-0.3, -0.25) is 9.78 Å². The molecule has 1 N–H and O–H groups in total. The van der Waals surface area contributed by atoms with Gasteiger partial charge in [-0.25, -0.2) is 0 Å². The zero-order valence-electron chi connectivity index (χ0n) is 16.8. The number of hydrogen-bond acceptors (Lipinski definition) is 5. The van der Waals surface area contributed by atoms with Crippen molar-refractivity contribution in [1.82, 2.24) is 4.98 Å². The van der Waals surface area contributed by atoms with Gasteiger partial charge in [0, 0.05) is 29.7 Å². The average Bonchev–Trinajstić information content (AvgIpc) is 2.72. The molecule has 0 aliphatic rings. The summed E-state index contributed by atoms with van der Waals surface area (Å²) in [5, 5.41) is 2.82. The van der Waals surface area contributed by atoms with Crippen LogP contribution >= 0.6 is 0 Å². The summed E-state index contributed by atoms with van der Waals surface area (Å²) < 4.78 is 16.8. The van der Waals surface area contributed by atoms with E-state index in [4.69, 9.17) is 14.2 Å². The van der Waals surface area contributed by atoms with Crippen LogP contribution in [0, 0.1) is 13.8 Å². The van der Waals surface area contributed by atoms with Crippen LogP contribution in [0.5, 0.6) is 17.2 Å². The molecular weight excluding hydrogens is 368 g/mol. The topological polar surface area (TPSA) is 69.7 Å². The molecule has 0 unspecified atom stereocenters. The van der Waals surface area contributed by atoms with Crippen molar-refractivity contribution in [3.05, 3.63) is 77.6 Å². The van der Waals surface area contributed by atoms with E-state index in [1.807, 2.05) is 44.2 Å². The van der Waals surface area contributed by atoms with E-state index in [-0.39, 0.29) is 12.5 Å². The number of pyridine rings is 1. The standard InChI is InChI=1S/C23H24N2O4/c1-16-6-8-20(17(2)11-16)29-15-23(26)25-19-7-9-21(27-3)22(12-19)28-14-18-5-4-10-24-13-18/h4-13H,14-15H2,1-3H3,(H,25,26). The summed E-state index contributed by atoms with van der Waals surface area (Å²) in [7, 11) is 1.57. The molecule has 6 heteroatoms. The molecule has 1 heterocycles. The number of carbonyl (C=O) groups is 1. The van der Waals surface area contributed by atoms with E-state index in [0.29, 0.717) is 29.5 Å². The van der Waals surface area contributed by atoms with E-state index in [1.54, 1.807) is 37.7 Å². The Morgan fingerprint density at radius 3 is 2.55 bits per heavy atom. The third-order valence-electron chi connectivity index (χ3n) is 4.25. The van der Waals surface area contributed by atoms with E-state index in [9.17, 15) is 4.79 Å². The molecule has 0 saturated carbocycles. The molecule has 1 aromatic heterocycles. The second kappa shape index (κ2) is 9.59. The fourth-order valence-electron chi connectivity index (χ4n) is 2.81. The molecule has 1 amide bonds. The number of ether oxygens (including phenoxy) is 3. The minimum atomic E-state index is -0.256. The SMILES string of the molecule is COc1ccc(NC(=O)COc2ccc(C)cc2C)cc1OCc1cccnc1. The van der Waals surface area contributed by atoms with E-state index >= 15 is 0 Å². The number of benzene rings is 2. The number of nitrogens with one attached hydrogen (secondary N) is 1. The lowest BCUT2D eigenvalue weighted by molar-refractivity contribution is -0.118. The first-order valence-corrected chi connectivity index (χ1v) is 9.25. The highest BCUT2D eigenvalue weighted by atomic mass is 16.5. The summed E-state index contributed by atoms with van der Waals surface area (Å²) in [6.07, 6.45) is 3.45. The normalized spacial score (nSPS) is 10.3. The Bertz CT molecular complexity index is 974. The monoisotopic (exact) mass is 392 g/mol. The van der Waals surface area contributed by atoms with Crippen molar-refractivity contribution in [3.8, 4) is 17.2 Å². The minimum absolute atomic E-state index is 0.0815. The molecular formula is C23H24N2O4. The second-order valence-corrected chi connectivity index (χ2v) is 6.62. The lowest BCUT2D eigenvalue weighted by Crippen LogP contribution is -2.20. The number of aryl methyl sites for hydroxylation is 2. The van der Waals surface area contributed by atoms with Crippen molar-refractivity contribution in [2.75, 3.05) is 19.0 Å². The molecule has 0 atom stereocenters. The summed E-state index contributed by atoms with van der Waals surface area (Å²) in [6.45, 7) is 4.23. The Morgan fingerprint density at radius 2 is 1.83 bits per heavy atom. The number of nitrogens with zero attached hydrogens (tertiary/aromatic N) is 1. The van der Waals surface area contributed by atoms with Gasteiger partial charge < -0.3 is 19.5 Å². The predicted octanol–water partition coefficient (Wildman–Crippen LogP) is 4.30. The largest absolute Gasteiger partial charge is 0.493 e. The van der Waals surface area contributed by atoms with Crippen LogP contribution in [0.15, 0.2) is 60.9 Å². The zero-order valence-corrected chi connectivity index (χ0v) is 16.8. The van der Waals surface area contributed by atoms with E-state index in [0.717, 1.165) is 16.7 Å². The van der Waals surface area contributed by atoms with Gasteiger partial charge >= 0.3 is 0 Å². The van der Waals surface area contributed by atoms with Gasteiger partial charge in [0.25, 0.3) is 5.91 Å². The van der Waals surface area contributed by atoms with Crippen LogP contribution in [-0.2, 0) is 11.4 Å². The van der Waals surface area contributed by atoms with Crippen molar-refractivity contribution >= 4 is 11.6 Å². The molecule has 3 aromatic rings. The zero-order chi connectivity index (χ0) is 20.6. The Hall–Kier alpha value is -3.54. The van der Waals surface area contributed by atoms with Gasteiger partial charge in [0.2, 0.25) is 0 Å². The van der Waals surface area contributed by atoms with Crippen LogP contribution in [0.3, 0.4) is 0 Å². The molecule has 0 fully saturated rings. The fraction of sp³-hybridized carbons (Fsp3) is 0.217. The number of anilines is 1. The lowest BCUT2D eigenvalue weighted by atomic mass is 10.1. The average molecular weight is 392 g/mol. The third-order valence-corrected chi connectivity index (χ3v) is 4.25. The minimum Gasteiger partial charge on any atom is -0.493 e. The number of hydrogen-bond donors (Lipinski definition) is 1. The van der Waals surface area contributed by atoms with Gasteiger partial charge in [0.05, 0.1) is 7.11 Å². The Labute approximate surface area is 170 Å². The molecule has 0 bridgehead atoms. The Kier molecular flexibility index (Phi) is 6.68. The number of aromatic nitrogens is 1. The molecule has 2 aromatic carbocycles. The van der Waals surface area contributed by atoms with Gasteiger partial charge in [-0.15, -0.1) is 0 Å². The summed E-state index contributed by atoms with van der Waals surface area (Å²) in [5.41, 5.74) is 3.68. The summed E-state index contributed by atoms with van der Waals surface area (Å²) in [4.78, 5) is 16.4. The highest BCUT2D eigenvalue weighted by Crippen LogP contribution is 2.31. The van der Waals surface area contributed by atoms with Crippen molar-refractivity contribution < 1.29 is 19.0 Å². The molecule has 0 saturated heterocycles. The predicted molar refractivity (Wildman–Crippen MR) is 112 cm³/mol. The van der Waals surface area contributed by atoms with E-state index in [2.05, 4.69) is 10.3 Å². The summed E-state index contributed by atoms with van der Waals surface area (Å²) in [5.74, 6) is 1.55. The van der Waals surface area contributed by atoms with Crippen LogP contribution in [-0.4, -0.2) is 24.6 Å². The number of rotatable bonds is 8. The second-order valence-electron chi connectivity index (χ2n) is 6.62. The molecule has 3 rings (SSSR count). The van der Waals surface area contributed by atoms with E-state index < -0.39 is 0 Å². The van der Waals surface area contributed by atoms with Crippen LogP contribution in [0.25, 0.3) is 0 Å². The number of amides is 1. The highest BCUT2D eigenvalue weighted by molar-refractivity contribution is 5.92. The number of carbonyl (C=O) groups excluding carboxylic acids is 1. The smallest absolute Gasteiger partial charge is 0.262 e. The molecule has 29 heavy (non-hydrogen) atoms. The maximum atomic E-state index is 12.3.